The van der Waals surface area contributed by atoms with E-state index in [0.29, 0.717) is 61.8 Å². The number of rotatable bonds is 17. The minimum atomic E-state index is -0.924. The van der Waals surface area contributed by atoms with E-state index in [1.165, 1.54) is 33.2 Å². The van der Waals surface area contributed by atoms with Gasteiger partial charge in [0.15, 0.2) is 5.13 Å². The van der Waals surface area contributed by atoms with Gasteiger partial charge in [-0.05, 0) is 105 Å². The Morgan fingerprint density at radius 1 is 0.866 bits per heavy atom. The Hall–Kier alpha value is -6.66. The number of carbonyl (C=O) groups excluding carboxylic acids is 6. The van der Waals surface area contributed by atoms with Gasteiger partial charge in [0.05, 0.1) is 29.1 Å². The van der Waals surface area contributed by atoms with Crippen molar-refractivity contribution in [3.63, 3.8) is 0 Å². The highest BCUT2D eigenvalue weighted by molar-refractivity contribution is 7.22. The van der Waals surface area contributed by atoms with E-state index in [1.807, 2.05) is 31.3 Å². The molecule has 18 heteroatoms. The summed E-state index contributed by atoms with van der Waals surface area (Å²) in [6, 6.07) is 14.8. The predicted octanol–water partition coefficient (Wildman–Crippen LogP) is 6.44. The van der Waals surface area contributed by atoms with Crippen molar-refractivity contribution in [2.45, 2.75) is 90.8 Å². The molecule has 2 aliphatic heterocycles. The number of hydrogen-bond donors (Lipinski definition) is 3. The van der Waals surface area contributed by atoms with Gasteiger partial charge in [-0.2, -0.15) is 0 Å². The molecule has 2 aromatic carbocycles. The van der Waals surface area contributed by atoms with Crippen molar-refractivity contribution < 1.29 is 38.2 Å². The number of nitrogens with one attached hydrogen (secondary N) is 3. The number of carbonyl (C=O) groups is 6. The second-order valence-corrected chi connectivity index (χ2v) is 18.6. The highest BCUT2D eigenvalue weighted by atomic mass is 32.1. The van der Waals surface area contributed by atoms with Crippen molar-refractivity contribution >= 4 is 90.5 Å². The van der Waals surface area contributed by atoms with Crippen LogP contribution in [0.4, 0.5) is 27.1 Å². The summed E-state index contributed by atoms with van der Waals surface area (Å²) in [7, 11) is 2.04. The molecule has 0 spiro atoms. The number of imide groups is 1. The summed E-state index contributed by atoms with van der Waals surface area (Å²) < 4.78 is 14.6. The van der Waals surface area contributed by atoms with E-state index in [0.717, 1.165) is 65.2 Å². The number of pyridine rings is 1. The van der Waals surface area contributed by atoms with Crippen molar-refractivity contribution in [1.82, 2.24) is 30.1 Å². The van der Waals surface area contributed by atoms with Crippen molar-refractivity contribution in [2.24, 2.45) is 13.0 Å². The summed E-state index contributed by atoms with van der Waals surface area (Å²) in [6.07, 6.45) is 8.03. The second kappa shape index (κ2) is 20.9. The first kappa shape index (κ1) is 46.9. The van der Waals surface area contributed by atoms with Crippen LogP contribution >= 0.6 is 11.3 Å². The Labute approximate surface area is 392 Å². The van der Waals surface area contributed by atoms with Crippen molar-refractivity contribution in [3.05, 3.63) is 83.6 Å². The van der Waals surface area contributed by atoms with Crippen molar-refractivity contribution in [2.75, 3.05) is 48.0 Å². The molecule has 5 heterocycles. The van der Waals surface area contributed by atoms with Crippen LogP contribution in [0.3, 0.4) is 0 Å². The first-order valence-corrected chi connectivity index (χ1v) is 23.9. The fraction of sp³-hybridized carbons (Fsp3) is 0.429. The lowest BCUT2D eigenvalue weighted by Gasteiger charge is -2.25. The van der Waals surface area contributed by atoms with Crippen LogP contribution in [0.1, 0.15) is 76.1 Å². The number of benzene rings is 2. The van der Waals surface area contributed by atoms with Gasteiger partial charge in [0.2, 0.25) is 17.7 Å². The number of aryl methyl sites for hydroxylation is 2. The lowest BCUT2D eigenvalue weighted by Crippen LogP contribution is -2.53. The van der Waals surface area contributed by atoms with Crippen LogP contribution in [0.25, 0.3) is 21.3 Å². The van der Waals surface area contributed by atoms with Gasteiger partial charge in [0.1, 0.15) is 30.2 Å². The van der Waals surface area contributed by atoms with Gasteiger partial charge >= 0.3 is 6.09 Å². The zero-order valence-corrected chi connectivity index (χ0v) is 39.2. The molecule has 17 nitrogen and oxygen atoms in total. The van der Waals surface area contributed by atoms with E-state index in [9.17, 15) is 28.8 Å². The third kappa shape index (κ3) is 10.8. The Kier molecular flexibility index (Phi) is 14.6. The molecule has 3 aromatic heterocycles. The number of thiazole rings is 1. The molecule has 1 fully saturated rings. The van der Waals surface area contributed by atoms with Gasteiger partial charge in [-0.1, -0.05) is 43.7 Å². The zero-order valence-electron chi connectivity index (χ0n) is 38.3. The molecular formula is C49H57N9O8S. The number of fused-ring (bicyclic) bond motifs is 4. The molecule has 8 rings (SSSR count). The predicted molar refractivity (Wildman–Crippen MR) is 256 cm³/mol. The molecule has 5 aromatic rings. The number of hydrogen-bond acceptors (Lipinski definition) is 12. The maximum atomic E-state index is 14.3. The monoisotopic (exact) mass is 931 g/mol. The number of morpholine rings is 1. The number of nitrogens with zero attached hydrogens (tertiary/aromatic N) is 6. The maximum absolute atomic E-state index is 14.3. The SMILES string of the molecule is CC(C)[C@H](NC(=O)CCCCCN1C(=O)C=CC1=O)C(=O)N[C@@H](C)C(=O)Nc1ccc(COC(=O)N(c2ccc3nc(N4CCOCC4)sc3c2)c2ccc3c4c(n(C)c3n2)CCCC4)cc1. The van der Waals surface area contributed by atoms with E-state index in [4.69, 9.17) is 19.4 Å². The maximum Gasteiger partial charge on any atom is 0.420 e. The van der Waals surface area contributed by atoms with E-state index >= 15 is 0 Å². The highest BCUT2D eigenvalue weighted by Crippen LogP contribution is 2.37. The fourth-order valence-electron chi connectivity index (χ4n) is 8.67. The number of anilines is 4. The molecule has 352 valence electrons. The van der Waals surface area contributed by atoms with Crippen LogP contribution < -0.4 is 25.8 Å². The zero-order chi connectivity index (χ0) is 47.2. The van der Waals surface area contributed by atoms with Gasteiger partial charge in [-0.3, -0.25) is 28.9 Å². The Balaban J connectivity index is 0.876. The Bertz CT molecular complexity index is 2690. The molecule has 1 aliphatic carbocycles. The molecule has 1 saturated heterocycles. The number of ether oxygens (including phenoxy) is 2. The molecule has 3 aliphatic rings. The standard InChI is InChI=1S/C49H57N9O8S/c1-30(2)44(54-41(59)12-6-5-9-23-57-42(60)21-22-43(57)61)47(63)50-31(3)46(62)51-33-15-13-32(14-16-33)29-66-49(64)58(40-20-18-36-35-10-7-8-11-38(35)55(4)45(36)53-40)34-17-19-37-39(28-34)67-48(52-37)56-24-26-65-27-25-56/h13-22,28,30-31,44H,5-12,23-27,29H2,1-4H3,(H,50,63)(H,51,62)(H,54,59)/t31-,44-/m0/s1. The molecule has 0 saturated carbocycles. The summed E-state index contributed by atoms with van der Waals surface area (Å²) in [4.78, 5) is 91.8. The van der Waals surface area contributed by atoms with E-state index < -0.39 is 30.0 Å². The third-order valence-corrected chi connectivity index (χ3v) is 13.5. The molecule has 0 bridgehead atoms. The lowest BCUT2D eigenvalue weighted by atomic mass is 9.96. The van der Waals surface area contributed by atoms with E-state index in [-0.39, 0.29) is 36.7 Å². The van der Waals surface area contributed by atoms with Crippen LogP contribution in [0.15, 0.2) is 66.7 Å². The number of unbranched alkanes of at least 4 members (excludes halogenated alkanes) is 2. The van der Waals surface area contributed by atoms with Gasteiger partial charge < -0.3 is 34.9 Å². The molecule has 67 heavy (non-hydrogen) atoms. The highest BCUT2D eigenvalue weighted by Gasteiger charge is 2.29. The second-order valence-electron chi connectivity index (χ2n) is 17.5. The van der Waals surface area contributed by atoms with Crippen LogP contribution in [-0.2, 0) is 59.9 Å². The minimum absolute atomic E-state index is 0.0542. The van der Waals surface area contributed by atoms with Gasteiger partial charge in [0.25, 0.3) is 11.8 Å². The summed E-state index contributed by atoms with van der Waals surface area (Å²) >= 11 is 1.57. The van der Waals surface area contributed by atoms with E-state index in [2.05, 4.69) is 31.5 Å². The number of aromatic nitrogens is 3. The van der Waals surface area contributed by atoms with Gasteiger partial charge in [0, 0.05) is 62.0 Å². The van der Waals surface area contributed by atoms with E-state index in [1.54, 1.807) is 56.4 Å². The fourth-order valence-corrected chi connectivity index (χ4v) is 9.72. The topological polar surface area (TPSA) is 197 Å². The first-order valence-electron chi connectivity index (χ1n) is 23.0. The van der Waals surface area contributed by atoms with Crippen molar-refractivity contribution in [1.29, 1.82) is 0 Å². The molecule has 6 amide bonds. The quantitative estimate of drug-likeness (QED) is 0.0685. The van der Waals surface area contributed by atoms with Gasteiger partial charge in [-0.25, -0.2) is 19.7 Å². The molecule has 2 atom stereocenters. The van der Waals surface area contributed by atoms with Crippen LogP contribution in [0.5, 0.6) is 0 Å². The molecule has 3 N–H and O–H groups in total. The van der Waals surface area contributed by atoms with Crippen LogP contribution in [0.2, 0.25) is 0 Å². The summed E-state index contributed by atoms with van der Waals surface area (Å²) in [5.41, 5.74) is 6.02. The third-order valence-electron chi connectivity index (χ3n) is 12.4. The molecule has 0 radical (unpaired) electrons. The lowest BCUT2D eigenvalue weighted by molar-refractivity contribution is -0.137. The minimum Gasteiger partial charge on any atom is -0.444 e. The Morgan fingerprint density at radius 3 is 2.36 bits per heavy atom. The smallest absolute Gasteiger partial charge is 0.420 e. The Morgan fingerprint density at radius 2 is 1.61 bits per heavy atom. The van der Waals surface area contributed by atoms with Crippen LogP contribution in [0, 0.1) is 5.92 Å². The molecule has 0 unspecified atom stereocenters. The largest absolute Gasteiger partial charge is 0.444 e. The summed E-state index contributed by atoms with van der Waals surface area (Å²) in [5.74, 6) is -1.73. The van der Waals surface area contributed by atoms with Crippen molar-refractivity contribution in [3.8, 4) is 0 Å². The average Bonchev–Trinajstić information content (AvgIpc) is 3.99. The summed E-state index contributed by atoms with van der Waals surface area (Å²) in [5, 5.41) is 10.3. The normalized spacial score (nSPS) is 15.8. The average molecular weight is 932 g/mol. The summed E-state index contributed by atoms with van der Waals surface area (Å²) in [6.45, 7) is 8.24. The first-order chi connectivity index (χ1) is 32.3. The van der Waals surface area contributed by atoms with Crippen LogP contribution in [-0.4, -0.2) is 100.0 Å². The number of amides is 6. The molecular weight excluding hydrogens is 875 g/mol. The van der Waals surface area contributed by atoms with Gasteiger partial charge in [-0.15, -0.1) is 0 Å².